The zero-order valence-corrected chi connectivity index (χ0v) is 20.0. The summed E-state index contributed by atoms with van der Waals surface area (Å²) in [4.78, 5) is 43.8. The number of benzene rings is 1. The Labute approximate surface area is 201 Å². The van der Waals surface area contributed by atoms with Crippen molar-refractivity contribution in [2.24, 2.45) is 10.7 Å². The Morgan fingerprint density at radius 2 is 2.03 bits per heavy atom. The molecule has 1 amide bonds. The molecule has 1 aromatic carbocycles. The second-order valence-corrected chi connectivity index (χ2v) is 9.77. The van der Waals surface area contributed by atoms with E-state index in [0.29, 0.717) is 20.6 Å². The average molecular weight is 493 g/mol. The number of thiazole rings is 1. The predicted octanol–water partition coefficient (Wildman–Crippen LogP) is 1.91. The lowest BCUT2D eigenvalue weighted by Crippen LogP contribution is -2.39. The van der Waals surface area contributed by atoms with Crippen LogP contribution in [0.2, 0.25) is 0 Å². The third-order valence-electron chi connectivity index (χ3n) is 5.67. The van der Waals surface area contributed by atoms with Crippen molar-refractivity contribution in [2.75, 3.05) is 7.11 Å². The molecule has 1 atom stereocenters. The van der Waals surface area contributed by atoms with Crippen molar-refractivity contribution in [3.63, 3.8) is 0 Å². The normalized spacial score (nSPS) is 15.9. The van der Waals surface area contributed by atoms with Crippen LogP contribution in [0.4, 0.5) is 0 Å². The van der Waals surface area contributed by atoms with Crippen LogP contribution in [0.3, 0.4) is 0 Å². The van der Waals surface area contributed by atoms with E-state index in [0.717, 1.165) is 21.3 Å². The lowest BCUT2D eigenvalue weighted by molar-refractivity contribution is -0.136. The highest BCUT2D eigenvalue weighted by Crippen LogP contribution is 2.33. The molecular weight excluding hydrogens is 472 g/mol. The van der Waals surface area contributed by atoms with Gasteiger partial charge < -0.3 is 15.0 Å². The molecule has 0 unspecified atom stereocenters. The lowest BCUT2D eigenvalue weighted by atomic mass is 10.0. The Bertz CT molecular complexity index is 1650. The third-order valence-corrected chi connectivity index (χ3v) is 7.58. The van der Waals surface area contributed by atoms with Crippen LogP contribution in [0, 0.1) is 0 Å². The van der Waals surface area contributed by atoms with E-state index in [2.05, 4.69) is 4.99 Å². The molecule has 0 fully saturated rings. The van der Waals surface area contributed by atoms with Gasteiger partial charge in [-0.3, -0.25) is 14.2 Å². The highest BCUT2D eigenvalue weighted by atomic mass is 32.1. The summed E-state index contributed by atoms with van der Waals surface area (Å²) in [5.41, 5.74) is 7.68. The number of ether oxygens (including phenoxy) is 1. The number of para-hydroxylation sites is 1. The average Bonchev–Trinajstić information content (AvgIpc) is 3.52. The summed E-state index contributed by atoms with van der Waals surface area (Å²) >= 11 is 2.72. The summed E-state index contributed by atoms with van der Waals surface area (Å²) in [6.07, 6.45) is 3.61. The molecule has 34 heavy (non-hydrogen) atoms. The number of amides is 1. The third kappa shape index (κ3) is 3.61. The minimum atomic E-state index is -0.609. The van der Waals surface area contributed by atoms with Crippen LogP contribution in [0.15, 0.2) is 69.0 Å². The number of allylic oxidation sites excluding steroid dienone is 1. The summed E-state index contributed by atoms with van der Waals surface area (Å²) in [6.45, 7) is 1.79. The Kier molecular flexibility index (Phi) is 5.54. The van der Waals surface area contributed by atoms with E-state index in [1.807, 2.05) is 48.0 Å². The first-order valence-electron chi connectivity index (χ1n) is 10.4. The number of aromatic nitrogens is 2. The van der Waals surface area contributed by atoms with Gasteiger partial charge in [-0.2, -0.15) is 0 Å². The largest absolute Gasteiger partial charge is 0.466 e. The molecule has 5 rings (SSSR count). The zero-order valence-electron chi connectivity index (χ0n) is 18.3. The van der Waals surface area contributed by atoms with Gasteiger partial charge in [0.2, 0.25) is 5.91 Å². The van der Waals surface area contributed by atoms with E-state index in [1.165, 1.54) is 29.8 Å². The quantitative estimate of drug-likeness (QED) is 0.429. The van der Waals surface area contributed by atoms with Gasteiger partial charge in [-0.05, 0) is 30.5 Å². The van der Waals surface area contributed by atoms with E-state index in [9.17, 15) is 14.4 Å². The van der Waals surface area contributed by atoms with Crippen LogP contribution in [0.1, 0.15) is 23.4 Å². The summed E-state index contributed by atoms with van der Waals surface area (Å²) < 4.78 is 8.82. The SMILES string of the molecule is COC(=O)C1=C(C)N=c2s/c(=C\c3cn(CC(N)=O)c4ccccc34)c(=O)n2[C@@H]1c1cccs1. The number of carbonyl (C=O) groups excluding carboxylic acids is 2. The van der Waals surface area contributed by atoms with Crippen LogP contribution >= 0.6 is 22.7 Å². The maximum absolute atomic E-state index is 13.6. The summed E-state index contributed by atoms with van der Waals surface area (Å²) in [5.74, 6) is -0.961. The van der Waals surface area contributed by atoms with Crippen LogP contribution in [-0.2, 0) is 20.9 Å². The number of hydrogen-bond donors (Lipinski definition) is 1. The Morgan fingerprint density at radius 1 is 1.24 bits per heavy atom. The van der Waals surface area contributed by atoms with E-state index in [4.69, 9.17) is 10.5 Å². The van der Waals surface area contributed by atoms with E-state index in [-0.39, 0.29) is 12.1 Å². The fraction of sp³-hybridized carbons (Fsp3) is 0.167. The predicted molar refractivity (Wildman–Crippen MR) is 131 cm³/mol. The first-order chi connectivity index (χ1) is 16.4. The fourth-order valence-electron chi connectivity index (χ4n) is 4.24. The van der Waals surface area contributed by atoms with Crippen molar-refractivity contribution >= 4 is 51.5 Å². The first kappa shape index (κ1) is 22.1. The molecule has 0 saturated heterocycles. The molecule has 8 nitrogen and oxygen atoms in total. The van der Waals surface area contributed by atoms with Crippen LogP contribution in [-0.4, -0.2) is 28.1 Å². The Balaban J connectivity index is 1.74. The number of methoxy groups -OCH3 is 1. The van der Waals surface area contributed by atoms with Crippen molar-refractivity contribution < 1.29 is 14.3 Å². The van der Waals surface area contributed by atoms with Crippen molar-refractivity contribution in [3.05, 3.63) is 89.4 Å². The number of esters is 1. The molecule has 0 bridgehead atoms. The minimum Gasteiger partial charge on any atom is -0.466 e. The molecule has 3 aromatic heterocycles. The van der Waals surface area contributed by atoms with Crippen molar-refractivity contribution in [1.82, 2.24) is 9.13 Å². The number of thiophene rings is 1. The van der Waals surface area contributed by atoms with Gasteiger partial charge in [0.25, 0.3) is 5.56 Å². The number of nitrogens with zero attached hydrogens (tertiary/aromatic N) is 3. The summed E-state index contributed by atoms with van der Waals surface area (Å²) in [5, 5.41) is 2.80. The highest BCUT2D eigenvalue weighted by molar-refractivity contribution is 7.10. The number of rotatable bonds is 5. The standard InChI is InChI=1S/C24H20N4O4S2/c1-13-20(23(31)32-2)21(17-8-5-9-33-17)28-22(30)18(34-24(28)26-13)10-14-11-27(12-19(25)29)16-7-4-3-6-15(14)16/h3-11,21H,12H2,1-2H3,(H2,25,29)/b18-10-/t21-/m1/s1. The monoisotopic (exact) mass is 492 g/mol. The number of primary amides is 1. The molecule has 0 radical (unpaired) electrons. The van der Waals surface area contributed by atoms with Gasteiger partial charge in [0.15, 0.2) is 4.80 Å². The Morgan fingerprint density at radius 3 is 2.74 bits per heavy atom. The molecule has 4 aromatic rings. The van der Waals surface area contributed by atoms with Crippen molar-refractivity contribution in [1.29, 1.82) is 0 Å². The molecule has 0 spiro atoms. The lowest BCUT2D eigenvalue weighted by Gasteiger charge is -2.22. The first-order valence-corrected chi connectivity index (χ1v) is 12.1. The van der Waals surface area contributed by atoms with Gasteiger partial charge in [0, 0.05) is 27.5 Å². The Hall–Kier alpha value is -3.76. The number of hydrogen-bond acceptors (Lipinski definition) is 7. The number of nitrogens with two attached hydrogens (primary N) is 1. The molecule has 1 aliphatic heterocycles. The van der Waals surface area contributed by atoms with Crippen molar-refractivity contribution in [2.45, 2.75) is 19.5 Å². The smallest absolute Gasteiger partial charge is 0.338 e. The number of carbonyl (C=O) groups is 2. The molecular formula is C24H20N4O4S2. The maximum atomic E-state index is 13.6. The van der Waals surface area contributed by atoms with Gasteiger partial charge in [0.05, 0.1) is 22.9 Å². The summed E-state index contributed by atoms with van der Waals surface area (Å²) in [7, 11) is 1.32. The molecule has 0 aliphatic carbocycles. The molecule has 4 heterocycles. The van der Waals surface area contributed by atoms with Gasteiger partial charge in [0.1, 0.15) is 12.6 Å². The van der Waals surface area contributed by atoms with Gasteiger partial charge in [-0.15, -0.1) is 11.3 Å². The van der Waals surface area contributed by atoms with Gasteiger partial charge in [-0.25, -0.2) is 9.79 Å². The van der Waals surface area contributed by atoms with E-state index in [1.54, 1.807) is 22.1 Å². The zero-order chi connectivity index (χ0) is 24.0. The molecule has 172 valence electrons. The molecule has 0 saturated carbocycles. The summed E-state index contributed by atoms with van der Waals surface area (Å²) in [6, 6.07) is 10.8. The number of fused-ring (bicyclic) bond motifs is 2. The highest BCUT2D eigenvalue weighted by Gasteiger charge is 2.33. The van der Waals surface area contributed by atoms with Crippen molar-refractivity contribution in [3.8, 4) is 0 Å². The second kappa shape index (κ2) is 8.54. The minimum absolute atomic E-state index is 0.0374. The van der Waals surface area contributed by atoms with Gasteiger partial charge >= 0.3 is 5.97 Å². The molecule has 1 aliphatic rings. The second-order valence-electron chi connectivity index (χ2n) is 7.78. The van der Waals surface area contributed by atoms with Gasteiger partial charge in [-0.1, -0.05) is 35.6 Å². The maximum Gasteiger partial charge on any atom is 0.338 e. The molecule has 2 N–H and O–H groups in total. The topological polar surface area (TPSA) is 109 Å². The fourth-order valence-corrected chi connectivity index (χ4v) is 6.10. The van der Waals surface area contributed by atoms with E-state index >= 15 is 0 Å². The van der Waals surface area contributed by atoms with Crippen LogP contribution in [0.25, 0.3) is 17.0 Å². The molecule has 10 heteroatoms. The van der Waals surface area contributed by atoms with Crippen LogP contribution in [0.5, 0.6) is 0 Å². The van der Waals surface area contributed by atoms with E-state index < -0.39 is 17.9 Å². The van der Waals surface area contributed by atoms with Crippen LogP contribution < -0.4 is 20.6 Å².